The zero-order valence-electron chi connectivity index (χ0n) is 9.05. The highest BCUT2D eigenvalue weighted by Crippen LogP contribution is 2.40. The molecule has 0 aliphatic carbocycles. The van der Waals surface area contributed by atoms with Crippen LogP contribution in [-0.4, -0.2) is 47.3 Å². The van der Waals surface area contributed by atoms with E-state index < -0.39 is 4.92 Å². The average Bonchev–Trinajstić information content (AvgIpc) is 2.63. The van der Waals surface area contributed by atoms with Gasteiger partial charge < -0.3 is 15.5 Å². The minimum absolute atomic E-state index is 0.115. The van der Waals surface area contributed by atoms with Gasteiger partial charge >= 0.3 is 0 Å². The monoisotopic (exact) mass is 226 g/mol. The van der Waals surface area contributed by atoms with Crippen molar-refractivity contribution >= 4 is 5.91 Å². The number of rotatable bonds is 2. The van der Waals surface area contributed by atoms with Crippen molar-refractivity contribution in [2.45, 2.75) is 6.42 Å². The highest BCUT2D eigenvalue weighted by molar-refractivity contribution is 5.89. The fourth-order valence-corrected chi connectivity index (χ4v) is 2.49. The number of hydrogen-bond acceptors (Lipinski definition) is 5. The Bertz CT molecular complexity index is 381. The van der Waals surface area contributed by atoms with Crippen molar-refractivity contribution in [2.75, 3.05) is 26.7 Å². The number of β-lactam (4-membered cyclic amide) rings is 1. The van der Waals surface area contributed by atoms with Gasteiger partial charge in [-0.25, -0.2) is 0 Å². The van der Waals surface area contributed by atoms with Gasteiger partial charge in [-0.3, -0.25) is 14.9 Å². The van der Waals surface area contributed by atoms with Gasteiger partial charge in [0.2, 0.25) is 5.91 Å². The van der Waals surface area contributed by atoms with E-state index in [0.29, 0.717) is 19.6 Å². The maximum atomic E-state index is 11.7. The molecule has 0 saturated carbocycles. The maximum absolute atomic E-state index is 11.7. The summed E-state index contributed by atoms with van der Waals surface area (Å²) in [4.78, 5) is 24.7. The summed E-state index contributed by atoms with van der Waals surface area (Å²) in [6, 6.07) is 0. The Morgan fingerprint density at radius 2 is 2.31 bits per heavy atom. The van der Waals surface area contributed by atoms with E-state index in [1.54, 1.807) is 16.8 Å². The molecular weight excluding hydrogens is 212 g/mol. The zero-order chi connectivity index (χ0) is 11.9. The first-order valence-corrected chi connectivity index (χ1v) is 5.06. The molecule has 1 unspecified atom stereocenters. The first-order valence-electron chi connectivity index (χ1n) is 5.06. The van der Waals surface area contributed by atoms with E-state index in [1.165, 1.54) is 0 Å². The lowest BCUT2D eigenvalue weighted by Gasteiger charge is -2.44. The van der Waals surface area contributed by atoms with E-state index in [9.17, 15) is 14.9 Å². The molecule has 2 aliphatic rings. The van der Waals surface area contributed by atoms with Crippen molar-refractivity contribution in [3.8, 4) is 0 Å². The summed E-state index contributed by atoms with van der Waals surface area (Å²) in [5.74, 6) is 0.244. The van der Waals surface area contributed by atoms with Gasteiger partial charge in [0.25, 0.3) is 6.20 Å². The van der Waals surface area contributed by atoms with Crippen LogP contribution in [0.3, 0.4) is 0 Å². The van der Waals surface area contributed by atoms with Gasteiger partial charge in [0, 0.05) is 26.7 Å². The van der Waals surface area contributed by atoms with Crippen LogP contribution in [0.5, 0.6) is 0 Å². The number of carbonyl (C=O) groups is 1. The van der Waals surface area contributed by atoms with Crippen LogP contribution >= 0.6 is 0 Å². The Kier molecular flexibility index (Phi) is 2.25. The van der Waals surface area contributed by atoms with E-state index in [4.69, 9.17) is 5.73 Å². The second-order valence-corrected chi connectivity index (χ2v) is 4.45. The molecule has 2 aliphatic heterocycles. The Morgan fingerprint density at radius 3 is 2.81 bits per heavy atom. The van der Waals surface area contributed by atoms with Crippen molar-refractivity contribution in [3.63, 3.8) is 0 Å². The molecule has 0 aromatic rings. The Labute approximate surface area is 92.6 Å². The second kappa shape index (κ2) is 3.36. The van der Waals surface area contributed by atoms with Crippen LogP contribution in [0.25, 0.3) is 0 Å². The number of hydrogen-bond donors (Lipinski definition) is 1. The molecule has 1 spiro atoms. The largest absolute Gasteiger partial charge is 0.380 e. The first kappa shape index (κ1) is 10.7. The fraction of sp³-hybridized carbons (Fsp3) is 0.667. The van der Waals surface area contributed by atoms with Crippen molar-refractivity contribution < 1.29 is 9.72 Å². The molecule has 2 fully saturated rings. The lowest BCUT2D eigenvalue weighted by atomic mass is 9.78. The van der Waals surface area contributed by atoms with Crippen LogP contribution in [0.15, 0.2) is 12.0 Å². The SMILES string of the molecule is CN1CC2(CCN(/C(N)=C\[N+](=O)[O-])C2)C1=O. The van der Waals surface area contributed by atoms with E-state index in [0.717, 1.165) is 12.6 Å². The van der Waals surface area contributed by atoms with Gasteiger partial charge in [0.05, 0.1) is 10.3 Å². The summed E-state index contributed by atoms with van der Waals surface area (Å²) in [5, 5.41) is 10.3. The molecule has 2 N–H and O–H groups in total. The van der Waals surface area contributed by atoms with Crippen LogP contribution in [0.4, 0.5) is 0 Å². The molecule has 2 heterocycles. The van der Waals surface area contributed by atoms with Crippen LogP contribution in [0.1, 0.15) is 6.42 Å². The molecule has 88 valence electrons. The molecule has 0 aromatic carbocycles. The second-order valence-electron chi connectivity index (χ2n) is 4.45. The number of nitro groups is 1. The maximum Gasteiger partial charge on any atom is 0.274 e. The van der Waals surface area contributed by atoms with E-state index >= 15 is 0 Å². The molecule has 1 amide bonds. The lowest BCUT2D eigenvalue weighted by molar-refractivity contribution is -0.404. The molecule has 2 saturated heterocycles. The van der Waals surface area contributed by atoms with E-state index in [-0.39, 0.29) is 17.1 Å². The van der Waals surface area contributed by atoms with Crippen LogP contribution < -0.4 is 5.73 Å². The highest BCUT2D eigenvalue weighted by atomic mass is 16.6. The third-order valence-corrected chi connectivity index (χ3v) is 3.30. The van der Waals surface area contributed by atoms with Gasteiger partial charge in [-0.2, -0.15) is 0 Å². The zero-order valence-corrected chi connectivity index (χ0v) is 9.05. The average molecular weight is 226 g/mol. The molecule has 0 radical (unpaired) electrons. The summed E-state index contributed by atoms with van der Waals surface area (Å²) in [6.07, 6.45) is 1.51. The third kappa shape index (κ3) is 1.48. The quantitative estimate of drug-likeness (QED) is 0.377. The molecule has 7 heteroatoms. The molecule has 1 atom stereocenters. The molecule has 0 bridgehead atoms. The van der Waals surface area contributed by atoms with Crippen molar-refractivity contribution in [1.82, 2.24) is 9.80 Å². The summed E-state index contributed by atoms with van der Waals surface area (Å²) in [5.41, 5.74) is 5.24. The van der Waals surface area contributed by atoms with Gasteiger partial charge in [-0.15, -0.1) is 0 Å². The van der Waals surface area contributed by atoms with Gasteiger partial charge in [-0.1, -0.05) is 0 Å². The topological polar surface area (TPSA) is 92.7 Å². The van der Waals surface area contributed by atoms with Crippen LogP contribution in [0.2, 0.25) is 0 Å². The summed E-state index contributed by atoms with van der Waals surface area (Å²) < 4.78 is 0. The van der Waals surface area contributed by atoms with E-state index in [1.807, 2.05) is 0 Å². The highest BCUT2D eigenvalue weighted by Gasteiger charge is 2.54. The summed E-state index contributed by atoms with van der Waals surface area (Å²) in [6.45, 7) is 1.82. The molecule has 0 aromatic heterocycles. The molecule has 16 heavy (non-hydrogen) atoms. The Balaban J connectivity index is 2.04. The lowest BCUT2D eigenvalue weighted by Crippen LogP contribution is -2.60. The summed E-state index contributed by atoms with van der Waals surface area (Å²) >= 11 is 0. The van der Waals surface area contributed by atoms with Gasteiger partial charge in [0.15, 0.2) is 5.82 Å². The van der Waals surface area contributed by atoms with Gasteiger partial charge in [0.1, 0.15) is 0 Å². The van der Waals surface area contributed by atoms with E-state index in [2.05, 4.69) is 0 Å². The normalized spacial score (nSPS) is 29.8. The number of nitrogens with zero attached hydrogens (tertiary/aromatic N) is 3. The number of likely N-dealkylation sites (tertiary alicyclic amines) is 2. The Hall–Kier alpha value is -1.79. The Morgan fingerprint density at radius 1 is 1.62 bits per heavy atom. The predicted octanol–water partition coefficient (Wildman–Crippen LogP) is -0.815. The standard InChI is InChI=1S/C9H14N4O3/c1-11-5-9(8(11)14)2-3-12(6-9)7(10)4-13(15)16/h4H,2-3,5-6,10H2,1H3/b7-4-. The first-order chi connectivity index (χ1) is 7.44. The van der Waals surface area contributed by atoms with Crippen molar-refractivity contribution in [3.05, 3.63) is 22.1 Å². The fourth-order valence-electron chi connectivity index (χ4n) is 2.49. The molecule has 2 rings (SSSR count). The smallest absolute Gasteiger partial charge is 0.274 e. The van der Waals surface area contributed by atoms with Gasteiger partial charge in [-0.05, 0) is 6.42 Å². The number of carbonyl (C=O) groups excluding carboxylic acids is 1. The molecular formula is C9H14N4O3. The third-order valence-electron chi connectivity index (χ3n) is 3.30. The van der Waals surface area contributed by atoms with Crippen LogP contribution in [0, 0.1) is 15.5 Å². The minimum atomic E-state index is -0.574. The molecule has 7 nitrogen and oxygen atoms in total. The number of nitrogens with two attached hydrogens (primary N) is 1. The number of amides is 1. The van der Waals surface area contributed by atoms with Crippen LogP contribution in [-0.2, 0) is 4.79 Å². The van der Waals surface area contributed by atoms with Crippen molar-refractivity contribution in [1.29, 1.82) is 0 Å². The minimum Gasteiger partial charge on any atom is -0.380 e. The van der Waals surface area contributed by atoms with Crippen molar-refractivity contribution in [2.24, 2.45) is 11.1 Å². The summed E-state index contributed by atoms with van der Waals surface area (Å²) in [7, 11) is 1.76. The predicted molar refractivity (Wildman–Crippen MR) is 55.5 cm³/mol.